The molecule has 190 valence electrons. The molecule has 35 heavy (non-hydrogen) atoms. The number of rotatable bonds is 11. The minimum Gasteiger partial charge on any atom is -0.344 e. The number of carbonyl (C=O) groups excluding carboxylic acids is 3. The smallest absolute Gasteiger partial charge is 0.301 e. The van der Waals surface area contributed by atoms with Crippen molar-refractivity contribution in [1.82, 2.24) is 10.6 Å². The fourth-order valence-corrected chi connectivity index (χ4v) is 3.78. The van der Waals surface area contributed by atoms with E-state index in [1.165, 1.54) is 13.8 Å². The van der Waals surface area contributed by atoms with Crippen molar-refractivity contribution in [2.24, 2.45) is 5.92 Å². The summed E-state index contributed by atoms with van der Waals surface area (Å²) in [4.78, 5) is 37.4. The molecule has 0 saturated carbocycles. The molecule has 0 spiro atoms. The number of carbonyl (C=O) groups is 3. The second-order valence-electron chi connectivity index (χ2n) is 8.22. The Balaban J connectivity index is 2.21. The summed E-state index contributed by atoms with van der Waals surface area (Å²) in [6.07, 6.45) is -3.55. The molecule has 0 radical (unpaired) electrons. The van der Waals surface area contributed by atoms with Crippen molar-refractivity contribution in [1.29, 1.82) is 0 Å². The van der Waals surface area contributed by atoms with Crippen molar-refractivity contribution in [3.63, 3.8) is 0 Å². The maximum atomic E-state index is 15.2. The number of halogens is 6. The summed E-state index contributed by atoms with van der Waals surface area (Å²) < 4.78 is 41.2. The lowest BCUT2D eigenvalue weighted by atomic mass is 9.95. The van der Waals surface area contributed by atoms with Gasteiger partial charge >= 0.3 is 6.43 Å². The number of ketones is 1. The lowest BCUT2D eigenvalue weighted by Gasteiger charge is -2.30. The largest absolute Gasteiger partial charge is 0.344 e. The predicted molar refractivity (Wildman–Crippen MR) is 130 cm³/mol. The third-order valence-electron chi connectivity index (χ3n) is 5.26. The van der Waals surface area contributed by atoms with E-state index in [1.54, 1.807) is 47.8 Å². The van der Waals surface area contributed by atoms with E-state index in [9.17, 15) is 23.2 Å². The van der Waals surface area contributed by atoms with Crippen molar-refractivity contribution in [3.8, 4) is 0 Å². The Morgan fingerprint density at radius 3 is 2.23 bits per heavy atom. The summed E-state index contributed by atoms with van der Waals surface area (Å²) in [6, 6.07) is 9.89. The minimum absolute atomic E-state index is 0.0573. The molecule has 0 unspecified atom stereocenters. The molecule has 2 aromatic rings. The van der Waals surface area contributed by atoms with E-state index in [0.29, 0.717) is 20.6 Å². The van der Waals surface area contributed by atoms with Gasteiger partial charge in [-0.15, -0.1) is 0 Å². The maximum Gasteiger partial charge on any atom is 0.301 e. The van der Waals surface area contributed by atoms with E-state index in [2.05, 4.69) is 5.32 Å². The van der Waals surface area contributed by atoms with Crippen LogP contribution in [0.2, 0.25) is 15.1 Å². The zero-order chi connectivity index (χ0) is 26.3. The number of hydrogen-bond donors (Lipinski definition) is 2. The van der Waals surface area contributed by atoms with Gasteiger partial charge < -0.3 is 10.6 Å². The van der Waals surface area contributed by atoms with E-state index in [0.717, 1.165) is 5.56 Å². The highest BCUT2D eigenvalue weighted by Crippen LogP contribution is 2.25. The van der Waals surface area contributed by atoms with Crippen LogP contribution in [0.3, 0.4) is 0 Å². The van der Waals surface area contributed by atoms with Crippen LogP contribution in [-0.2, 0) is 27.2 Å². The number of Topliss-reactive ketones (excluding diaryl/α,β-unsaturated/α-hetero) is 1. The average Bonchev–Trinajstić information content (AvgIpc) is 2.78. The zero-order valence-corrected chi connectivity index (χ0v) is 21.2. The van der Waals surface area contributed by atoms with Gasteiger partial charge in [-0.25, -0.2) is 13.2 Å². The molecule has 0 aliphatic carbocycles. The van der Waals surface area contributed by atoms with Gasteiger partial charge in [0.05, 0.1) is 10.0 Å². The number of nitrogens with one attached hydrogen (secondary N) is 2. The third kappa shape index (κ3) is 8.12. The number of aryl methyl sites for hydroxylation is 1. The van der Waals surface area contributed by atoms with Crippen molar-refractivity contribution in [2.45, 2.75) is 51.4 Å². The molecule has 0 aromatic heterocycles. The first-order valence-corrected chi connectivity index (χ1v) is 11.8. The van der Waals surface area contributed by atoms with Gasteiger partial charge in [-0.3, -0.25) is 14.4 Å². The Kier molecular flexibility index (Phi) is 10.4. The van der Waals surface area contributed by atoms with Gasteiger partial charge in [0.15, 0.2) is 0 Å². The fourth-order valence-electron chi connectivity index (χ4n) is 3.24. The highest BCUT2D eigenvalue weighted by Gasteiger charge is 2.48. The van der Waals surface area contributed by atoms with Gasteiger partial charge in [0.25, 0.3) is 5.78 Å². The average molecular weight is 552 g/mol. The molecule has 0 aliphatic rings. The first-order chi connectivity index (χ1) is 16.3. The van der Waals surface area contributed by atoms with Crippen LogP contribution in [0.25, 0.3) is 0 Å². The van der Waals surface area contributed by atoms with Gasteiger partial charge in [-0.2, -0.15) is 0 Å². The fraction of sp³-hybridized carbons (Fsp3) is 0.375. The molecule has 2 atom stereocenters. The molecule has 2 N–H and O–H groups in total. The predicted octanol–water partition coefficient (Wildman–Crippen LogP) is 5.58. The lowest BCUT2D eigenvalue weighted by molar-refractivity contribution is -0.152. The van der Waals surface area contributed by atoms with Crippen LogP contribution in [0.1, 0.15) is 31.4 Å². The van der Waals surface area contributed by atoms with Gasteiger partial charge in [0.2, 0.25) is 17.6 Å². The number of benzene rings is 2. The van der Waals surface area contributed by atoms with E-state index in [4.69, 9.17) is 34.8 Å². The van der Waals surface area contributed by atoms with Crippen molar-refractivity contribution < 1.29 is 27.6 Å². The molecule has 11 heteroatoms. The van der Waals surface area contributed by atoms with E-state index in [-0.39, 0.29) is 19.3 Å². The minimum atomic E-state index is -3.63. The second kappa shape index (κ2) is 12.6. The second-order valence-corrected chi connectivity index (χ2v) is 9.47. The van der Waals surface area contributed by atoms with Crippen molar-refractivity contribution in [3.05, 3.63) is 68.7 Å². The highest BCUT2D eigenvalue weighted by molar-refractivity contribution is 6.42. The summed E-state index contributed by atoms with van der Waals surface area (Å²) >= 11 is 17.8. The van der Waals surface area contributed by atoms with Crippen LogP contribution in [-0.4, -0.2) is 35.9 Å². The van der Waals surface area contributed by atoms with Crippen molar-refractivity contribution in [2.75, 3.05) is 0 Å². The summed E-state index contributed by atoms with van der Waals surface area (Å²) in [5.41, 5.74) is 1.24. The third-order valence-corrected chi connectivity index (χ3v) is 6.24. The molecular formula is C24H24Cl3F3N2O3. The Morgan fingerprint density at radius 1 is 0.971 bits per heavy atom. The summed E-state index contributed by atoms with van der Waals surface area (Å²) in [6.45, 7) is 2.37. The molecule has 0 aliphatic heterocycles. The standard InChI is InChI=1S/C24H24Cl3F3N2O3/c1-13(2)24(30,21(34)22(28)29)32-23(35)19(12-15-4-3-5-16(25)10-15)31-20(33)9-7-14-6-8-17(26)18(27)11-14/h3-6,8,10-11,13,19,22H,7,9,12H2,1-2H3,(H,31,33)(H,32,35)/t19-,24+/m0/s1. The molecule has 2 aromatic carbocycles. The Morgan fingerprint density at radius 2 is 1.66 bits per heavy atom. The first kappa shape index (κ1) is 28.9. The van der Waals surface area contributed by atoms with Crippen LogP contribution in [0.4, 0.5) is 13.2 Å². The summed E-state index contributed by atoms with van der Waals surface area (Å²) in [7, 11) is 0. The van der Waals surface area contributed by atoms with Gasteiger partial charge in [-0.05, 0) is 41.8 Å². The zero-order valence-electron chi connectivity index (χ0n) is 18.9. The molecule has 2 amide bonds. The molecule has 5 nitrogen and oxygen atoms in total. The molecule has 0 saturated heterocycles. The van der Waals surface area contributed by atoms with Crippen LogP contribution >= 0.6 is 34.8 Å². The topological polar surface area (TPSA) is 75.3 Å². The molecule has 0 bridgehead atoms. The van der Waals surface area contributed by atoms with Crippen LogP contribution < -0.4 is 10.6 Å². The van der Waals surface area contributed by atoms with E-state index in [1.807, 2.05) is 0 Å². The van der Waals surface area contributed by atoms with Crippen LogP contribution in [0.5, 0.6) is 0 Å². The number of alkyl halides is 3. The van der Waals surface area contributed by atoms with Crippen molar-refractivity contribution >= 4 is 52.4 Å². The van der Waals surface area contributed by atoms with E-state index >= 15 is 4.39 Å². The molecule has 0 heterocycles. The normalized spacial score (nSPS) is 13.9. The van der Waals surface area contributed by atoms with Gasteiger partial charge in [-0.1, -0.05) is 66.8 Å². The van der Waals surface area contributed by atoms with Gasteiger partial charge in [0, 0.05) is 23.8 Å². The monoisotopic (exact) mass is 550 g/mol. The molecular weight excluding hydrogens is 528 g/mol. The quantitative estimate of drug-likeness (QED) is 0.358. The Hall–Kier alpha value is -2.29. The lowest BCUT2D eigenvalue weighted by Crippen LogP contribution is -2.61. The van der Waals surface area contributed by atoms with Gasteiger partial charge in [0.1, 0.15) is 6.04 Å². The number of hydrogen-bond acceptors (Lipinski definition) is 3. The highest BCUT2D eigenvalue weighted by atomic mass is 35.5. The van der Waals surface area contributed by atoms with E-state index < -0.39 is 41.8 Å². The first-order valence-electron chi connectivity index (χ1n) is 10.6. The Labute approximate surface area is 216 Å². The van der Waals surface area contributed by atoms with Crippen LogP contribution in [0, 0.1) is 5.92 Å². The summed E-state index contributed by atoms with van der Waals surface area (Å²) in [5.74, 6) is -8.35. The Bertz CT molecular complexity index is 1080. The number of amides is 2. The molecule has 0 fully saturated rings. The van der Waals surface area contributed by atoms with Crippen LogP contribution in [0.15, 0.2) is 42.5 Å². The SMILES string of the molecule is CC(C)[C@@](F)(NC(=O)[C@H](Cc1cccc(Cl)c1)NC(=O)CCc1ccc(Cl)c(Cl)c1)C(=O)C(F)F. The summed E-state index contributed by atoms with van der Waals surface area (Å²) in [5, 5.41) is 5.32. The maximum absolute atomic E-state index is 15.2. The molecule has 2 rings (SSSR count).